The predicted molar refractivity (Wildman–Crippen MR) is 385 cm³/mol. The van der Waals surface area contributed by atoms with Gasteiger partial charge in [0.15, 0.2) is 0 Å². The van der Waals surface area contributed by atoms with Crippen LogP contribution in [0.3, 0.4) is 0 Å². The topological polar surface area (TPSA) is 25.8 Å². The van der Waals surface area contributed by atoms with Gasteiger partial charge in [0.05, 0.1) is 22.4 Å². The van der Waals surface area contributed by atoms with Crippen molar-refractivity contribution in [1.82, 2.24) is 9.97 Å². The normalized spacial score (nSPS) is 13.9. The summed E-state index contributed by atoms with van der Waals surface area (Å²) < 4.78 is 0. The summed E-state index contributed by atoms with van der Waals surface area (Å²) >= 11 is 0. The van der Waals surface area contributed by atoms with Crippen LogP contribution in [0.15, 0.2) is 328 Å². The van der Waals surface area contributed by atoms with Crippen LogP contribution in [0.4, 0.5) is 0 Å². The van der Waals surface area contributed by atoms with Gasteiger partial charge in [0.2, 0.25) is 0 Å². The van der Waals surface area contributed by atoms with Gasteiger partial charge in [0, 0.05) is 33.7 Å². The van der Waals surface area contributed by atoms with Crippen molar-refractivity contribution >= 4 is 64.9 Å². The second kappa shape index (κ2) is 20.9. The fourth-order valence-electron chi connectivity index (χ4n) is 15.7. The van der Waals surface area contributed by atoms with Crippen molar-refractivity contribution in [2.24, 2.45) is 0 Å². The van der Waals surface area contributed by atoms with E-state index in [4.69, 9.17) is 9.97 Å². The van der Waals surface area contributed by atoms with Gasteiger partial charge >= 0.3 is 0 Å². The third-order valence-electron chi connectivity index (χ3n) is 19.9. The van der Waals surface area contributed by atoms with E-state index in [-0.39, 0.29) is 11.8 Å². The van der Waals surface area contributed by atoms with Crippen LogP contribution >= 0.6 is 0 Å². The van der Waals surface area contributed by atoms with E-state index >= 15 is 0 Å². The molecule has 2 unspecified atom stereocenters. The maximum absolute atomic E-state index is 6.10. The van der Waals surface area contributed by atoms with Crippen LogP contribution in [0.5, 0.6) is 0 Å². The van der Waals surface area contributed by atoms with Crippen LogP contribution in [0.1, 0.15) is 45.2 Å². The highest BCUT2D eigenvalue weighted by molar-refractivity contribution is 6.20. The van der Waals surface area contributed by atoms with Crippen LogP contribution in [-0.2, 0) is 0 Å². The second-order valence-electron chi connectivity index (χ2n) is 25.0. The second-order valence-corrected chi connectivity index (χ2v) is 25.0. The van der Waals surface area contributed by atoms with E-state index in [2.05, 4.69) is 328 Å². The Morgan fingerprint density at radius 3 is 0.880 bits per heavy atom. The Morgan fingerprint density at radius 1 is 0.196 bits per heavy atom. The standard InChI is InChI=1S/C90H56N2/c1-7-20-55(21-8-1)59-34-38-63(39-35-59)89-87-83-67-32-19-33-68(46-67)84(85(87)77-49-65-42-44-69-47-71(57-24-11-3-12-25-57)51-73(61-28-15-5-16-29-61)81(69)75(65)53-79(77)91-89)88-86(83)78-50-66-43-45-70-48-72(58-26-13-4-14-27-58)52-74(62-30-17-6-18-31-62)82(70)76(66)54-80(78)92-90(88)64-40-36-60(37-41-64)56-22-9-2-10-23-56/h1-54,83-84H. The van der Waals surface area contributed by atoms with E-state index in [1.165, 1.54) is 154 Å². The molecule has 426 valence electrons. The molecular formula is C90H56N2. The van der Waals surface area contributed by atoms with Gasteiger partial charge in [-0.25, -0.2) is 9.97 Å². The smallest absolute Gasteiger partial charge is 0.0754 e. The molecule has 3 aliphatic carbocycles. The first-order chi connectivity index (χ1) is 45.6. The maximum atomic E-state index is 6.10. The molecule has 0 N–H and O–H groups in total. The number of pyridine rings is 2. The minimum absolute atomic E-state index is 0.202. The Morgan fingerprint density at radius 2 is 0.511 bits per heavy atom. The summed E-state index contributed by atoms with van der Waals surface area (Å²) in [6.45, 7) is 0. The highest BCUT2D eigenvalue weighted by Gasteiger charge is 2.44. The third-order valence-corrected chi connectivity index (χ3v) is 19.9. The molecule has 0 saturated heterocycles. The molecule has 4 bridgehead atoms. The molecule has 20 rings (SSSR count). The maximum Gasteiger partial charge on any atom is 0.0754 e. The lowest BCUT2D eigenvalue weighted by Gasteiger charge is -2.36. The lowest BCUT2D eigenvalue weighted by molar-refractivity contribution is 0.862. The Labute approximate surface area is 533 Å². The first-order valence-corrected chi connectivity index (χ1v) is 32.0. The van der Waals surface area contributed by atoms with Crippen molar-refractivity contribution in [2.45, 2.75) is 11.8 Å². The van der Waals surface area contributed by atoms with Crippen LogP contribution in [0.25, 0.3) is 154 Å². The summed E-state index contributed by atoms with van der Waals surface area (Å²) in [5.74, 6) is -0.404. The number of nitrogens with zero attached hydrogens (tertiary/aromatic N) is 2. The number of hydrogen-bond acceptors (Lipinski definition) is 2. The molecule has 0 amide bonds. The molecule has 0 fully saturated rings. The molecule has 17 aromatic rings. The van der Waals surface area contributed by atoms with Gasteiger partial charge in [-0.15, -0.1) is 0 Å². The number of rotatable bonds is 8. The first kappa shape index (κ1) is 52.1. The van der Waals surface area contributed by atoms with Crippen molar-refractivity contribution < 1.29 is 0 Å². The zero-order valence-corrected chi connectivity index (χ0v) is 50.2. The zero-order valence-electron chi connectivity index (χ0n) is 50.2. The predicted octanol–water partition coefficient (Wildman–Crippen LogP) is 23.7. The minimum atomic E-state index is -0.202. The average Bonchev–Trinajstić information content (AvgIpc) is 1.31. The van der Waals surface area contributed by atoms with E-state index in [1.807, 2.05) is 0 Å². The summed E-state index contributed by atoms with van der Waals surface area (Å²) in [6.07, 6.45) is 0. The number of hydrogen-bond donors (Lipinski definition) is 0. The fraction of sp³-hybridized carbons (Fsp3) is 0.0222. The molecule has 2 aromatic heterocycles. The van der Waals surface area contributed by atoms with Crippen molar-refractivity contribution in [2.75, 3.05) is 0 Å². The lowest BCUT2D eigenvalue weighted by Crippen LogP contribution is -2.21. The Balaban J connectivity index is 0.922. The van der Waals surface area contributed by atoms with Crippen LogP contribution in [-0.4, -0.2) is 9.97 Å². The summed E-state index contributed by atoms with van der Waals surface area (Å²) in [5, 5.41) is 11.9. The quantitative estimate of drug-likeness (QED) is 0.112. The Hall–Kier alpha value is -11.8. The first-order valence-electron chi connectivity index (χ1n) is 32.0. The largest absolute Gasteiger partial charge is 0.247 e. The van der Waals surface area contributed by atoms with Gasteiger partial charge in [-0.05, 0) is 192 Å². The molecule has 2 nitrogen and oxygen atoms in total. The van der Waals surface area contributed by atoms with Gasteiger partial charge in [-0.2, -0.15) is 0 Å². The van der Waals surface area contributed by atoms with Gasteiger partial charge in [-0.1, -0.05) is 279 Å². The lowest BCUT2D eigenvalue weighted by atomic mass is 9.67. The molecule has 0 radical (unpaired) electrons. The molecule has 15 aromatic carbocycles. The molecule has 0 saturated carbocycles. The van der Waals surface area contributed by atoms with E-state index in [9.17, 15) is 0 Å². The highest BCUT2D eigenvalue weighted by atomic mass is 14.7. The van der Waals surface area contributed by atoms with Crippen molar-refractivity contribution in [1.29, 1.82) is 0 Å². The summed E-state index contributed by atoms with van der Waals surface area (Å²) in [7, 11) is 0. The van der Waals surface area contributed by atoms with Gasteiger partial charge < -0.3 is 0 Å². The fourth-order valence-corrected chi connectivity index (χ4v) is 15.7. The van der Waals surface area contributed by atoms with E-state index in [0.717, 1.165) is 33.5 Å². The van der Waals surface area contributed by atoms with Crippen LogP contribution in [0.2, 0.25) is 0 Å². The van der Waals surface area contributed by atoms with Crippen molar-refractivity contribution in [3.05, 3.63) is 361 Å². The van der Waals surface area contributed by atoms with Gasteiger partial charge in [-0.3, -0.25) is 0 Å². The summed E-state index contributed by atoms with van der Waals surface area (Å²) in [5.41, 5.74) is 28.1. The van der Waals surface area contributed by atoms with E-state index in [0.29, 0.717) is 0 Å². The van der Waals surface area contributed by atoms with Crippen LogP contribution < -0.4 is 0 Å². The molecular weight excluding hydrogens is 1110 g/mol. The SMILES string of the molecule is c1ccc(-c2ccc(-c3nc4cc5c(ccc6cc(-c7ccccc7)cc(-c7ccccc7)c65)cc4c4c3C3c5cccc(c5)C4c4c(-c5ccc(-c6ccccc6)cc5)nc5cc6c(ccc7cc(-c8ccccc8)cc(-c8ccccc8)c76)cc5c43)cc2)cc1. The molecule has 2 heterocycles. The van der Waals surface area contributed by atoms with E-state index < -0.39 is 0 Å². The highest BCUT2D eigenvalue weighted by Crippen LogP contribution is 2.60. The van der Waals surface area contributed by atoms with Gasteiger partial charge in [0.1, 0.15) is 0 Å². The number of aromatic nitrogens is 2. The average molecular weight is 1170 g/mol. The zero-order chi connectivity index (χ0) is 60.4. The minimum Gasteiger partial charge on any atom is -0.247 e. The van der Waals surface area contributed by atoms with Crippen LogP contribution in [0, 0.1) is 0 Å². The van der Waals surface area contributed by atoms with Crippen molar-refractivity contribution in [3.8, 4) is 89.3 Å². The molecule has 3 aliphatic rings. The molecule has 92 heavy (non-hydrogen) atoms. The number of fused-ring (bicyclic) bond motifs is 8. The molecule has 0 spiro atoms. The molecule has 0 aliphatic heterocycles. The molecule has 2 heteroatoms. The Kier molecular flexibility index (Phi) is 11.8. The summed E-state index contributed by atoms with van der Waals surface area (Å²) in [6, 6.07) is 122. The van der Waals surface area contributed by atoms with Crippen molar-refractivity contribution in [3.63, 3.8) is 0 Å². The monoisotopic (exact) mass is 1160 g/mol. The Bertz CT molecular complexity index is 5450. The third kappa shape index (κ3) is 8.34. The number of benzene rings is 15. The summed E-state index contributed by atoms with van der Waals surface area (Å²) in [4.78, 5) is 12.2. The van der Waals surface area contributed by atoms with Gasteiger partial charge in [0.25, 0.3) is 0 Å². The molecule has 2 atom stereocenters. The van der Waals surface area contributed by atoms with E-state index in [1.54, 1.807) is 0 Å².